The van der Waals surface area contributed by atoms with E-state index in [1.165, 1.54) is 31.2 Å². The van der Waals surface area contributed by atoms with E-state index in [-0.39, 0.29) is 18.7 Å². The first kappa shape index (κ1) is 25.1. The van der Waals surface area contributed by atoms with Crippen LogP contribution in [0.25, 0.3) is 6.08 Å². The fraction of sp³-hybridized carbons (Fsp3) is 0.250. The van der Waals surface area contributed by atoms with Gasteiger partial charge in [-0.3, -0.25) is 9.59 Å². The summed E-state index contributed by atoms with van der Waals surface area (Å²) in [6, 6.07) is 13.5. The van der Waals surface area contributed by atoms with E-state index >= 15 is 0 Å². The van der Waals surface area contributed by atoms with Crippen molar-refractivity contribution in [3.8, 4) is 11.8 Å². The molecule has 0 aliphatic rings. The molecule has 0 saturated heterocycles. The van der Waals surface area contributed by atoms with Gasteiger partial charge in [-0.1, -0.05) is 24.3 Å². The molecule has 2 amide bonds. The van der Waals surface area contributed by atoms with Crippen molar-refractivity contribution in [2.45, 2.75) is 19.4 Å². The zero-order valence-electron chi connectivity index (χ0n) is 18.3. The van der Waals surface area contributed by atoms with Gasteiger partial charge in [-0.15, -0.1) is 0 Å². The van der Waals surface area contributed by atoms with E-state index in [1.807, 2.05) is 6.07 Å². The number of hydrogen-bond acceptors (Lipinski definition) is 6. The van der Waals surface area contributed by atoms with E-state index in [4.69, 9.17) is 14.7 Å². The van der Waals surface area contributed by atoms with Crippen LogP contribution in [0.5, 0.6) is 5.75 Å². The molecule has 0 bridgehead atoms. The summed E-state index contributed by atoms with van der Waals surface area (Å²) in [5.74, 6) is -2.00. The van der Waals surface area contributed by atoms with E-state index in [0.717, 1.165) is 10.5 Å². The summed E-state index contributed by atoms with van der Waals surface area (Å²) in [4.78, 5) is 37.8. The molecule has 0 fully saturated rings. The summed E-state index contributed by atoms with van der Waals surface area (Å²) in [5, 5.41) is 11.3. The summed E-state index contributed by atoms with van der Waals surface area (Å²) in [5.41, 5.74) is 0.746. The van der Waals surface area contributed by atoms with Gasteiger partial charge < -0.3 is 19.7 Å². The minimum atomic E-state index is -1.02. The van der Waals surface area contributed by atoms with Crippen molar-refractivity contribution in [2.24, 2.45) is 0 Å². The van der Waals surface area contributed by atoms with Gasteiger partial charge in [0.2, 0.25) is 5.91 Å². The third-order valence-electron chi connectivity index (χ3n) is 4.48. The maximum Gasteiger partial charge on any atom is 0.328 e. The average Bonchev–Trinajstić information content (AvgIpc) is 2.82. The Morgan fingerprint density at radius 1 is 1.18 bits per heavy atom. The molecule has 8 nitrogen and oxygen atoms in total. The Kier molecular flexibility index (Phi) is 9.58. The van der Waals surface area contributed by atoms with Gasteiger partial charge in [-0.25, -0.2) is 9.18 Å². The maximum atomic E-state index is 14.1. The number of amides is 2. The molecule has 0 aliphatic carbocycles. The smallest absolute Gasteiger partial charge is 0.328 e. The second-order valence-corrected chi connectivity index (χ2v) is 6.85. The molecule has 1 atom stereocenters. The Morgan fingerprint density at radius 2 is 1.88 bits per heavy atom. The number of nitriles is 1. The summed E-state index contributed by atoms with van der Waals surface area (Å²) in [6.07, 6.45) is 2.80. The van der Waals surface area contributed by atoms with Gasteiger partial charge in [0, 0.05) is 12.6 Å². The van der Waals surface area contributed by atoms with Gasteiger partial charge in [-0.2, -0.15) is 5.26 Å². The average molecular weight is 453 g/mol. The van der Waals surface area contributed by atoms with Crippen molar-refractivity contribution in [2.75, 3.05) is 25.2 Å². The number of esters is 1. The lowest BCUT2D eigenvalue weighted by molar-refractivity contribution is -0.150. The number of benzene rings is 2. The van der Waals surface area contributed by atoms with E-state index < -0.39 is 36.2 Å². The lowest BCUT2D eigenvalue weighted by Crippen LogP contribution is -2.41. The summed E-state index contributed by atoms with van der Waals surface area (Å²) in [7, 11) is 1.55. The number of carbonyl (C=O) groups excluding carboxylic acids is 3. The van der Waals surface area contributed by atoms with Crippen LogP contribution in [0.15, 0.2) is 54.6 Å². The van der Waals surface area contributed by atoms with Gasteiger partial charge in [0.05, 0.1) is 25.3 Å². The monoisotopic (exact) mass is 453 g/mol. The molecule has 0 saturated carbocycles. The van der Waals surface area contributed by atoms with Crippen molar-refractivity contribution in [3.63, 3.8) is 0 Å². The standard InChI is InChI=1S/C24H24FN3O5/c1-17(27-22(29)13-10-18-8-11-19(32-2)12-9-18)24(31)33-16-23(30)28(15-5-14-26)21-7-4-3-6-20(21)25/h3-4,6-13,17H,5,15-16H2,1-2H3,(H,27,29)/b13-10+. The number of ether oxygens (including phenoxy) is 2. The van der Waals surface area contributed by atoms with Gasteiger partial charge >= 0.3 is 5.97 Å². The molecule has 0 radical (unpaired) electrons. The minimum Gasteiger partial charge on any atom is -0.497 e. The minimum absolute atomic E-state index is 0.0150. The number of anilines is 1. The molecule has 33 heavy (non-hydrogen) atoms. The second-order valence-electron chi connectivity index (χ2n) is 6.85. The highest BCUT2D eigenvalue weighted by Gasteiger charge is 2.22. The van der Waals surface area contributed by atoms with Crippen molar-refractivity contribution in [3.05, 3.63) is 66.0 Å². The van der Waals surface area contributed by atoms with Crippen LogP contribution in [0.2, 0.25) is 0 Å². The zero-order valence-corrected chi connectivity index (χ0v) is 18.3. The normalized spacial score (nSPS) is 11.3. The highest BCUT2D eigenvalue weighted by atomic mass is 19.1. The predicted octanol–water partition coefficient (Wildman–Crippen LogP) is 2.84. The molecule has 0 heterocycles. The molecule has 2 rings (SSSR count). The highest BCUT2D eigenvalue weighted by Crippen LogP contribution is 2.19. The number of carbonyl (C=O) groups is 3. The molecular weight excluding hydrogens is 429 g/mol. The Balaban J connectivity index is 1.90. The van der Waals surface area contributed by atoms with Crippen LogP contribution in [-0.4, -0.2) is 44.1 Å². The fourth-order valence-corrected chi connectivity index (χ4v) is 2.76. The fourth-order valence-electron chi connectivity index (χ4n) is 2.76. The summed E-state index contributed by atoms with van der Waals surface area (Å²) >= 11 is 0. The molecule has 172 valence electrons. The van der Waals surface area contributed by atoms with Crippen molar-refractivity contribution >= 4 is 29.5 Å². The number of nitrogens with zero attached hydrogens (tertiary/aromatic N) is 2. The van der Waals surface area contributed by atoms with E-state index in [0.29, 0.717) is 5.75 Å². The van der Waals surface area contributed by atoms with Crippen molar-refractivity contribution in [1.82, 2.24) is 5.32 Å². The largest absolute Gasteiger partial charge is 0.497 e. The second kappa shape index (κ2) is 12.6. The Morgan fingerprint density at radius 3 is 2.52 bits per heavy atom. The molecule has 0 aliphatic heterocycles. The lowest BCUT2D eigenvalue weighted by Gasteiger charge is -2.22. The maximum absolute atomic E-state index is 14.1. The van der Waals surface area contributed by atoms with E-state index in [9.17, 15) is 18.8 Å². The van der Waals surface area contributed by atoms with Crippen LogP contribution >= 0.6 is 0 Å². The number of methoxy groups -OCH3 is 1. The number of nitrogens with one attached hydrogen (secondary N) is 1. The van der Waals surface area contributed by atoms with Crippen LogP contribution in [-0.2, 0) is 19.1 Å². The number of halogens is 1. The van der Waals surface area contributed by atoms with Crippen molar-refractivity contribution in [1.29, 1.82) is 5.26 Å². The Hall–Kier alpha value is -4.19. The third-order valence-corrected chi connectivity index (χ3v) is 4.48. The molecular formula is C24H24FN3O5. The molecule has 9 heteroatoms. The SMILES string of the molecule is COc1ccc(/C=C/C(=O)NC(C)C(=O)OCC(=O)N(CCC#N)c2ccccc2F)cc1. The molecule has 0 spiro atoms. The Bertz CT molecular complexity index is 1050. The highest BCUT2D eigenvalue weighted by molar-refractivity contribution is 5.97. The van der Waals surface area contributed by atoms with E-state index in [2.05, 4.69) is 5.32 Å². The Labute approximate surface area is 191 Å². The van der Waals surface area contributed by atoms with Crippen molar-refractivity contribution < 1.29 is 28.2 Å². The third kappa shape index (κ3) is 7.78. The molecule has 2 aromatic rings. The van der Waals surface area contributed by atoms with Crippen LogP contribution in [0.4, 0.5) is 10.1 Å². The van der Waals surface area contributed by atoms with Gasteiger partial charge in [0.25, 0.3) is 5.91 Å². The van der Waals surface area contributed by atoms with Crippen LogP contribution < -0.4 is 15.0 Å². The number of hydrogen-bond donors (Lipinski definition) is 1. The quantitative estimate of drug-likeness (QED) is 0.438. The lowest BCUT2D eigenvalue weighted by atomic mass is 10.2. The predicted molar refractivity (Wildman–Crippen MR) is 120 cm³/mol. The first-order chi connectivity index (χ1) is 15.8. The number of para-hydroxylation sites is 1. The summed E-state index contributed by atoms with van der Waals surface area (Å²) < 4.78 is 24.1. The first-order valence-corrected chi connectivity index (χ1v) is 10.1. The molecule has 1 unspecified atom stereocenters. The molecule has 1 N–H and O–H groups in total. The first-order valence-electron chi connectivity index (χ1n) is 10.1. The van der Waals surface area contributed by atoms with Gasteiger partial charge in [0.15, 0.2) is 6.61 Å². The zero-order chi connectivity index (χ0) is 24.2. The molecule has 2 aromatic carbocycles. The number of rotatable bonds is 10. The van der Waals surface area contributed by atoms with Crippen LogP contribution in [0.3, 0.4) is 0 Å². The molecule has 0 aromatic heterocycles. The summed E-state index contributed by atoms with van der Waals surface area (Å²) in [6.45, 7) is 0.687. The van der Waals surface area contributed by atoms with Gasteiger partial charge in [0.1, 0.15) is 17.6 Å². The van der Waals surface area contributed by atoms with E-state index in [1.54, 1.807) is 43.5 Å². The van der Waals surface area contributed by atoms with Gasteiger partial charge in [-0.05, 0) is 42.8 Å². The van der Waals surface area contributed by atoms with Crippen LogP contribution in [0, 0.1) is 17.1 Å². The van der Waals surface area contributed by atoms with Crippen LogP contribution in [0.1, 0.15) is 18.9 Å². The topological polar surface area (TPSA) is 109 Å².